The molecule has 132 valence electrons. The molecule has 0 amide bonds. The molecule has 0 heterocycles. The molecule has 5 rings (SSSR count). The summed E-state index contributed by atoms with van der Waals surface area (Å²) in [6.07, 6.45) is 7.46. The first kappa shape index (κ1) is 15.9. The molecule has 25 heavy (non-hydrogen) atoms. The van der Waals surface area contributed by atoms with E-state index in [-0.39, 0.29) is 0 Å². The number of rotatable bonds is 1. The zero-order valence-electron chi connectivity index (χ0n) is 15.9. The fraction of sp³-hybridized carbons (Fsp3) is 0.625. The second kappa shape index (κ2) is 5.32. The van der Waals surface area contributed by atoms with Gasteiger partial charge in [0.2, 0.25) is 0 Å². The third-order valence-corrected chi connectivity index (χ3v) is 8.73. The SMILES string of the molecule is CC1C=CC(C)C2C3CC(C12)C1C(C)c2ccc(C=O)cc2C(C)C31. The minimum absolute atomic E-state index is 0.598. The largest absolute Gasteiger partial charge is 0.298 e. The zero-order chi connectivity index (χ0) is 17.5. The first-order valence-corrected chi connectivity index (χ1v) is 10.3. The molecule has 4 aliphatic carbocycles. The van der Waals surface area contributed by atoms with Crippen molar-refractivity contribution >= 4 is 6.29 Å². The van der Waals surface area contributed by atoms with Crippen LogP contribution in [0.15, 0.2) is 30.4 Å². The van der Waals surface area contributed by atoms with Crippen molar-refractivity contribution in [2.24, 2.45) is 47.3 Å². The Morgan fingerprint density at radius 2 is 1.36 bits per heavy atom. The van der Waals surface area contributed by atoms with E-state index < -0.39 is 0 Å². The van der Waals surface area contributed by atoms with Crippen molar-refractivity contribution < 1.29 is 4.79 Å². The number of hydrogen-bond acceptors (Lipinski definition) is 1. The number of fused-ring (bicyclic) bond motifs is 9. The van der Waals surface area contributed by atoms with Crippen LogP contribution in [0, 0.1) is 47.3 Å². The maximum Gasteiger partial charge on any atom is 0.150 e. The van der Waals surface area contributed by atoms with Crippen molar-refractivity contribution in [3.05, 3.63) is 47.0 Å². The number of carbonyl (C=O) groups is 1. The third kappa shape index (κ3) is 1.93. The minimum atomic E-state index is 0.598. The van der Waals surface area contributed by atoms with Gasteiger partial charge in [0.15, 0.2) is 0 Å². The second-order valence-corrected chi connectivity index (χ2v) is 9.56. The highest BCUT2D eigenvalue weighted by molar-refractivity contribution is 5.75. The van der Waals surface area contributed by atoms with Crippen LogP contribution in [0.1, 0.15) is 67.4 Å². The average molecular weight is 335 g/mol. The summed E-state index contributed by atoms with van der Waals surface area (Å²) in [5, 5.41) is 0. The Labute approximate surface area is 151 Å². The van der Waals surface area contributed by atoms with Crippen LogP contribution < -0.4 is 0 Å². The predicted octanol–water partition coefficient (Wildman–Crippen LogP) is 5.68. The van der Waals surface area contributed by atoms with Gasteiger partial charge in [-0.05, 0) is 82.8 Å². The maximum atomic E-state index is 11.3. The Morgan fingerprint density at radius 3 is 1.92 bits per heavy atom. The Balaban J connectivity index is 1.61. The van der Waals surface area contributed by atoms with Crippen LogP contribution in [0.2, 0.25) is 0 Å². The van der Waals surface area contributed by atoms with Gasteiger partial charge in [-0.2, -0.15) is 0 Å². The van der Waals surface area contributed by atoms with E-state index in [1.165, 1.54) is 17.5 Å². The standard InChI is InChI=1S/C24H30O/c1-12-5-6-13(2)22-20-10-19(21(12)22)23-14(3)17-8-7-16(11-25)9-18(17)15(4)24(20)23/h5-9,11-15,19-24H,10H2,1-4H3. The molecule has 0 aromatic heterocycles. The van der Waals surface area contributed by atoms with Crippen LogP contribution in [0.25, 0.3) is 0 Å². The van der Waals surface area contributed by atoms with Gasteiger partial charge < -0.3 is 0 Å². The lowest BCUT2D eigenvalue weighted by atomic mass is 9.52. The molecular weight excluding hydrogens is 304 g/mol. The molecule has 10 atom stereocenters. The van der Waals surface area contributed by atoms with Gasteiger partial charge >= 0.3 is 0 Å². The molecule has 1 aromatic rings. The lowest BCUT2D eigenvalue weighted by Gasteiger charge is -2.53. The monoisotopic (exact) mass is 334 g/mol. The normalized spacial score (nSPS) is 49.4. The first-order valence-electron chi connectivity index (χ1n) is 10.3. The van der Waals surface area contributed by atoms with Gasteiger partial charge in [-0.15, -0.1) is 0 Å². The van der Waals surface area contributed by atoms with Crippen molar-refractivity contribution in [1.29, 1.82) is 0 Å². The molecule has 2 fully saturated rings. The highest BCUT2D eigenvalue weighted by atomic mass is 16.1. The van der Waals surface area contributed by atoms with Crippen LogP contribution in [0.5, 0.6) is 0 Å². The van der Waals surface area contributed by atoms with Crippen LogP contribution in [-0.4, -0.2) is 6.29 Å². The van der Waals surface area contributed by atoms with Gasteiger partial charge in [0.05, 0.1) is 0 Å². The lowest BCUT2D eigenvalue weighted by Crippen LogP contribution is -2.46. The van der Waals surface area contributed by atoms with E-state index in [0.717, 1.165) is 59.2 Å². The molecular formula is C24H30O. The molecule has 2 saturated carbocycles. The number of benzene rings is 1. The molecule has 1 aromatic carbocycles. The van der Waals surface area contributed by atoms with Crippen molar-refractivity contribution in [3.63, 3.8) is 0 Å². The Hall–Kier alpha value is -1.37. The van der Waals surface area contributed by atoms with E-state index in [4.69, 9.17) is 0 Å². The smallest absolute Gasteiger partial charge is 0.150 e. The van der Waals surface area contributed by atoms with Gasteiger partial charge in [0, 0.05) is 5.56 Å². The molecule has 0 aliphatic heterocycles. The van der Waals surface area contributed by atoms with E-state index in [9.17, 15) is 4.79 Å². The van der Waals surface area contributed by atoms with E-state index in [1.807, 2.05) is 6.07 Å². The van der Waals surface area contributed by atoms with Crippen LogP contribution >= 0.6 is 0 Å². The van der Waals surface area contributed by atoms with Gasteiger partial charge in [0.1, 0.15) is 6.29 Å². The summed E-state index contributed by atoms with van der Waals surface area (Å²) in [7, 11) is 0. The van der Waals surface area contributed by atoms with Gasteiger partial charge in [-0.3, -0.25) is 4.79 Å². The summed E-state index contributed by atoms with van der Waals surface area (Å²) in [5.41, 5.74) is 3.84. The summed E-state index contributed by atoms with van der Waals surface area (Å²) >= 11 is 0. The van der Waals surface area contributed by atoms with Crippen LogP contribution in [-0.2, 0) is 0 Å². The summed E-state index contributed by atoms with van der Waals surface area (Å²) in [4.78, 5) is 11.3. The molecule has 2 bridgehead atoms. The topological polar surface area (TPSA) is 17.1 Å². The Bertz CT molecular complexity index is 746. The summed E-state index contributed by atoms with van der Waals surface area (Å²) in [6, 6.07) is 6.47. The molecule has 0 N–H and O–H groups in total. The van der Waals surface area contributed by atoms with E-state index >= 15 is 0 Å². The number of carbonyl (C=O) groups excluding carboxylic acids is 1. The van der Waals surface area contributed by atoms with Crippen molar-refractivity contribution in [2.45, 2.75) is 46.0 Å². The molecule has 0 radical (unpaired) electrons. The molecule has 1 nitrogen and oxygen atoms in total. The molecule has 1 heteroatoms. The summed E-state index contributed by atoms with van der Waals surface area (Å²) < 4.78 is 0. The Kier molecular flexibility index (Phi) is 3.37. The summed E-state index contributed by atoms with van der Waals surface area (Å²) in [6.45, 7) is 9.81. The fourth-order valence-corrected chi connectivity index (χ4v) is 7.98. The van der Waals surface area contributed by atoms with Gasteiger partial charge in [-0.25, -0.2) is 0 Å². The van der Waals surface area contributed by atoms with E-state index in [2.05, 4.69) is 52.0 Å². The number of aldehydes is 1. The first-order chi connectivity index (χ1) is 12.0. The predicted molar refractivity (Wildman–Crippen MR) is 102 cm³/mol. The molecule has 10 unspecified atom stereocenters. The lowest BCUT2D eigenvalue weighted by molar-refractivity contribution is 0.0190. The quantitative estimate of drug-likeness (QED) is 0.477. The van der Waals surface area contributed by atoms with E-state index in [0.29, 0.717) is 11.8 Å². The van der Waals surface area contributed by atoms with Crippen molar-refractivity contribution in [3.8, 4) is 0 Å². The van der Waals surface area contributed by atoms with Gasteiger partial charge in [-0.1, -0.05) is 52.0 Å². The average Bonchev–Trinajstić information content (AvgIpc) is 3.20. The zero-order valence-corrected chi connectivity index (χ0v) is 15.9. The third-order valence-electron chi connectivity index (χ3n) is 8.73. The highest BCUT2D eigenvalue weighted by Crippen LogP contribution is 2.70. The van der Waals surface area contributed by atoms with Crippen molar-refractivity contribution in [1.82, 2.24) is 0 Å². The minimum Gasteiger partial charge on any atom is -0.298 e. The molecule has 0 saturated heterocycles. The van der Waals surface area contributed by atoms with Crippen LogP contribution in [0.4, 0.5) is 0 Å². The maximum absolute atomic E-state index is 11.3. The van der Waals surface area contributed by atoms with Crippen molar-refractivity contribution in [2.75, 3.05) is 0 Å². The number of allylic oxidation sites excluding steroid dienone is 2. The van der Waals surface area contributed by atoms with E-state index in [1.54, 1.807) is 0 Å². The molecule has 0 spiro atoms. The fourth-order valence-electron chi connectivity index (χ4n) is 7.98. The molecule has 4 aliphatic rings. The summed E-state index contributed by atoms with van der Waals surface area (Å²) in [5.74, 6) is 7.96. The second-order valence-electron chi connectivity index (χ2n) is 9.56. The van der Waals surface area contributed by atoms with Crippen LogP contribution in [0.3, 0.4) is 0 Å². The Morgan fingerprint density at radius 1 is 0.800 bits per heavy atom. The number of hydrogen-bond donors (Lipinski definition) is 0. The van der Waals surface area contributed by atoms with Gasteiger partial charge in [0.25, 0.3) is 0 Å². The highest BCUT2D eigenvalue weighted by Gasteiger charge is 2.63.